The van der Waals surface area contributed by atoms with Crippen LogP contribution < -0.4 is 15.0 Å². The van der Waals surface area contributed by atoms with Crippen LogP contribution in [0.1, 0.15) is 50.9 Å². The Hall–Kier alpha value is -3.73. The van der Waals surface area contributed by atoms with Crippen molar-refractivity contribution in [2.45, 2.75) is 52.2 Å². The molecule has 35 heavy (non-hydrogen) atoms. The molecule has 0 spiro atoms. The number of hydrogen-bond acceptors (Lipinski definition) is 9. The molecule has 3 aromatic heterocycles. The molecule has 0 bridgehead atoms. The largest absolute Gasteiger partial charge is 0.473 e. The summed E-state index contributed by atoms with van der Waals surface area (Å²) in [5, 5.41) is 7.54. The highest BCUT2D eigenvalue weighted by atomic mass is 16.6. The van der Waals surface area contributed by atoms with Gasteiger partial charge in [0.1, 0.15) is 35.6 Å². The Bertz CT molecular complexity index is 1230. The minimum atomic E-state index is -0.688. The standard InChI is InChI=1S/C24H30N6O5/c1-6-33-14-18(31)16-13-26-30-20(29(5)23(32)35-24(2,3)4)12-19(28-21(16)30)27-17-8-7-11-25-22(17)34-15-9-10-15/h7-8,11-13,15H,6,9-10,14H2,1-5H3,(H,27,28). The zero-order chi connectivity index (χ0) is 25.2. The van der Waals surface area contributed by atoms with Gasteiger partial charge in [-0.05, 0) is 52.7 Å². The van der Waals surface area contributed by atoms with E-state index in [0.29, 0.717) is 29.8 Å². The number of hydrogen-bond donors (Lipinski definition) is 1. The Morgan fingerprint density at radius 2 is 2.06 bits per heavy atom. The van der Waals surface area contributed by atoms with Crippen LogP contribution in [0.2, 0.25) is 0 Å². The predicted octanol–water partition coefficient (Wildman–Crippen LogP) is 4.00. The number of ketones is 1. The maximum absolute atomic E-state index is 12.8. The van der Waals surface area contributed by atoms with Gasteiger partial charge in [0, 0.05) is 25.9 Å². The molecule has 0 aliphatic heterocycles. The van der Waals surface area contributed by atoms with Crippen molar-refractivity contribution in [3.05, 3.63) is 36.2 Å². The number of Topliss-reactive ketones (excluding diaryl/α,β-unsaturated/α-hetero) is 1. The second kappa shape index (κ2) is 9.87. The van der Waals surface area contributed by atoms with Crippen LogP contribution >= 0.6 is 0 Å². The first-order valence-corrected chi connectivity index (χ1v) is 11.5. The SMILES string of the molecule is CCOCC(=O)c1cnn2c(N(C)C(=O)OC(C)(C)C)cc(Nc3cccnc3OC3CC3)nc12. The van der Waals surface area contributed by atoms with Gasteiger partial charge in [0.05, 0.1) is 11.8 Å². The molecule has 3 aromatic rings. The lowest BCUT2D eigenvalue weighted by Crippen LogP contribution is -2.35. The Labute approximate surface area is 203 Å². The quantitative estimate of drug-likeness (QED) is 0.451. The average molecular weight is 483 g/mol. The number of nitrogens with one attached hydrogen (secondary N) is 1. The average Bonchev–Trinajstić information content (AvgIpc) is 3.52. The Morgan fingerprint density at radius 1 is 1.29 bits per heavy atom. The van der Waals surface area contributed by atoms with E-state index in [1.165, 1.54) is 15.6 Å². The van der Waals surface area contributed by atoms with Crippen LogP contribution in [-0.4, -0.2) is 63.4 Å². The highest BCUT2D eigenvalue weighted by molar-refractivity contribution is 6.02. The van der Waals surface area contributed by atoms with Crippen molar-refractivity contribution < 1.29 is 23.8 Å². The summed E-state index contributed by atoms with van der Waals surface area (Å²) in [6.45, 7) is 7.48. The Morgan fingerprint density at radius 3 is 2.74 bits per heavy atom. The van der Waals surface area contributed by atoms with Crippen LogP contribution in [0, 0.1) is 0 Å². The maximum atomic E-state index is 12.8. The third kappa shape index (κ3) is 5.86. The van der Waals surface area contributed by atoms with Gasteiger partial charge in [0.25, 0.3) is 0 Å². The van der Waals surface area contributed by atoms with Crippen LogP contribution in [0.4, 0.5) is 22.1 Å². The summed E-state index contributed by atoms with van der Waals surface area (Å²) in [7, 11) is 1.57. The number of rotatable bonds is 9. The predicted molar refractivity (Wildman–Crippen MR) is 130 cm³/mol. The molecule has 1 aliphatic rings. The van der Waals surface area contributed by atoms with Crippen LogP contribution in [0.3, 0.4) is 0 Å². The lowest BCUT2D eigenvalue weighted by Gasteiger charge is -2.25. The topological polar surface area (TPSA) is 120 Å². The second-order valence-corrected chi connectivity index (χ2v) is 9.19. The van der Waals surface area contributed by atoms with Gasteiger partial charge in [-0.15, -0.1) is 0 Å². The van der Waals surface area contributed by atoms with Gasteiger partial charge in [-0.1, -0.05) is 0 Å². The molecule has 1 N–H and O–H groups in total. The minimum absolute atomic E-state index is 0.101. The maximum Gasteiger partial charge on any atom is 0.415 e. The summed E-state index contributed by atoms with van der Waals surface area (Å²) in [4.78, 5) is 35.9. The first kappa shape index (κ1) is 24.4. The molecular formula is C24H30N6O5. The van der Waals surface area contributed by atoms with Crippen molar-refractivity contribution in [3.8, 4) is 5.88 Å². The number of nitrogens with zero attached hydrogens (tertiary/aromatic N) is 5. The molecule has 186 valence electrons. The fourth-order valence-electron chi connectivity index (χ4n) is 3.20. The number of anilines is 3. The number of fused-ring (bicyclic) bond motifs is 1. The lowest BCUT2D eigenvalue weighted by atomic mass is 10.2. The number of amides is 1. The van der Waals surface area contributed by atoms with Crippen LogP contribution in [0.15, 0.2) is 30.6 Å². The fraction of sp³-hybridized carbons (Fsp3) is 0.458. The van der Waals surface area contributed by atoms with E-state index in [-0.39, 0.29) is 29.7 Å². The number of aromatic nitrogens is 4. The number of pyridine rings is 1. The zero-order valence-electron chi connectivity index (χ0n) is 20.6. The van der Waals surface area contributed by atoms with E-state index in [1.807, 2.05) is 13.0 Å². The number of ether oxygens (including phenoxy) is 3. The summed E-state index contributed by atoms with van der Waals surface area (Å²) in [6, 6.07) is 5.25. The van der Waals surface area contributed by atoms with E-state index in [0.717, 1.165) is 12.8 Å². The highest BCUT2D eigenvalue weighted by Gasteiger charge is 2.27. The normalized spacial score (nSPS) is 13.5. The minimum Gasteiger partial charge on any atom is -0.473 e. The first-order chi connectivity index (χ1) is 16.7. The molecule has 0 saturated heterocycles. The van der Waals surface area contributed by atoms with E-state index in [1.54, 1.807) is 46.1 Å². The summed E-state index contributed by atoms with van der Waals surface area (Å²) >= 11 is 0. The van der Waals surface area contributed by atoms with Crippen LogP contribution in [0.25, 0.3) is 5.65 Å². The van der Waals surface area contributed by atoms with Crippen molar-refractivity contribution in [1.29, 1.82) is 0 Å². The third-order valence-corrected chi connectivity index (χ3v) is 5.04. The Kier molecular flexibility index (Phi) is 6.88. The monoisotopic (exact) mass is 482 g/mol. The van der Waals surface area contributed by atoms with Crippen LogP contribution in [0.5, 0.6) is 5.88 Å². The van der Waals surface area contributed by atoms with Gasteiger partial charge in [-0.2, -0.15) is 9.61 Å². The Balaban J connectivity index is 1.75. The van der Waals surface area contributed by atoms with E-state index in [2.05, 4.69) is 20.4 Å². The summed E-state index contributed by atoms with van der Waals surface area (Å²) in [5.41, 5.74) is 0.482. The van der Waals surface area contributed by atoms with Crippen molar-refractivity contribution in [3.63, 3.8) is 0 Å². The van der Waals surface area contributed by atoms with Crippen molar-refractivity contribution in [2.24, 2.45) is 0 Å². The van der Waals surface area contributed by atoms with Gasteiger partial charge in [-0.25, -0.2) is 14.8 Å². The first-order valence-electron chi connectivity index (χ1n) is 11.5. The molecule has 1 aliphatic carbocycles. The molecule has 3 heterocycles. The number of carbonyl (C=O) groups is 2. The highest BCUT2D eigenvalue weighted by Crippen LogP contribution is 2.32. The molecule has 1 fully saturated rings. The molecule has 0 radical (unpaired) electrons. The van der Waals surface area contributed by atoms with E-state index in [4.69, 9.17) is 14.2 Å². The van der Waals surface area contributed by atoms with Crippen molar-refractivity contribution >= 4 is 34.8 Å². The molecule has 11 nitrogen and oxygen atoms in total. The summed E-state index contributed by atoms with van der Waals surface area (Å²) in [6.07, 6.45) is 4.65. The van der Waals surface area contributed by atoms with E-state index < -0.39 is 11.7 Å². The van der Waals surface area contributed by atoms with E-state index >= 15 is 0 Å². The fourth-order valence-corrected chi connectivity index (χ4v) is 3.20. The van der Waals surface area contributed by atoms with Crippen LogP contribution in [-0.2, 0) is 9.47 Å². The molecule has 4 rings (SSSR count). The van der Waals surface area contributed by atoms with Gasteiger partial charge in [0.15, 0.2) is 11.4 Å². The molecule has 1 amide bonds. The lowest BCUT2D eigenvalue weighted by molar-refractivity contribution is 0.0587. The molecule has 0 atom stereocenters. The van der Waals surface area contributed by atoms with Crippen molar-refractivity contribution in [1.82, 2.24) is 19.6 Å². The molecule has 0 aromatic carbocycles. The van der Waals surface area contributed by atoms with Gasteiger partial charge >= 0.3 is 6.09 Å². The smallest absolute Gasteiger partial charge is 0.415 e. The van der Waals surface area contributed by atoms with Gasteiger partial charge in [-0.3, -0.25) is 9.69 Å². The van der Waals surface area contributed by atoms with E-state index in [9.17, 15) is 9.59 Å². The molecule has 0 unspecified atom stereocenters. The summed E-state index contributed by atoms with van der Waals surface area (Å²) in [5.74, 6) is 0.926. The molecule has 11 heteroatoms. The van der Waals surface area contributed by atoms with Gasteiger partial charge in [0.2, 0.25) is 5.88 Å². The van der Waals surface area contributed by atoms with Gasteiger partial charge < -0.3 is 19.5 Å². The zero-order valence-corrected chi connectivity index (χ0v) is 20.6. The summed E-state index contributed by atoms with van der Waals surface area (Å²) < 4.78 is 18.1. The van der Waals surface area contributed by atoms with Crippen molar-refractivity contribution in [2.75, 3.05) is 30.5 Å². The molecule has 1 saturated carbocycles. The molecular weight excluding hydrogens is 452 g/mol. The second-order valence-electron chi connectivity index (χ2n) is 9.19. The third-order valence-electron chi connectivity index (χ3n) is 5.04. The number of carbonyl (C=O) groups excluding carboxylic acids is 2.